The van der Waals surface area contributed by atoms with Crippen LogP contribution in [0.1, 0.15) is 23.9 Å². The van der Waals surface area contributed by atoms with Gasteiger partial charge < -0.3 is 5.73 Å². The van der Waals surface area contributed by atoms with Crippen LogP contribution in [0.5, 0.6) is 0 Å². The smallest absolute Gasteiger partial charge is 0.0841 e. The molecular formula is C14H19N3. The van der Waals surface area contributed by atoms with Gasteiger partial charge in [0.25, 0.3) is 0 Å². The predicted molar refractivity (Wildman–Crippen MR) is 70.7 cm³/mol. The van der Waals surface area contributed by atoms with Crippen LogP contribution in [0.15, 0.2) is 24.3 Å². The summed E-state index contributed by atoms with van der Waals surface area (Å²) in [5.74, 6) is 0. The minimum atomic E-state index is 0.479. The third kappa shape index (κ3) is 2.11. The van der Waals surface area contributed by atoms with Crippen LogP contribution in [-0.4, -0.2) is 9.78 Å². The van der Waals surface area contributed by atoms with Gasteiger partial charge in [0.1, 0.15) is 0 Å². The maximum atomic E-state index is 5.75. The van der Waals surface area contributed by atoms with E-state index in [-0.39, 0.29) is 0 Å². The summed E-state index contributed by atoms with van der Waals surface area (Å²) >= 11 is 0. The molecule has 0 unspecified atom stereocenters. The maximum absolute atomic E-state index is 5.75. The zero-order valence-corrected chi connectivity index (χ0v) is 10.7. The molecule has 0 spiro atoms. The Balaban J connectivity index is 2.51. The maximum Gasteiger partial charge on any atom is 0.0841 e. The Kier molecular flexibility index (Phi) is 3.29. The van der Waals surface area contributed by atoms with E-state index in [1.54, 1.807) is 0 Å². The molecule has 0 radical (unpaired) electrons. The monoisotopic (exact) mass is 229 g/mol. The first kappa shape index (κ1) is 11.9. The Morgan fingerprint density at radius 3 is 2.41 bits per heavy atom. The second-order valence-corrected chi connectivity index (χ2v) is 4.29. The van der Waals surface area contributed by atoms with Crippen molar-refractivity contribution in [2.75, 3.05) is 0 Å². The molecule has 17 heavy (non-hydrogen) atoms. The molecule has 1 aromatic heterocycles. The molecule has 2 N–H and O–H groups in total. The van der Waals surface area contributed by atoms with Crippen molar-refractivity contribution in [2.45, 2.75) is 26.8 Å². The molecule has 0 aliphatic carbocycles. The zero-order valence-electron chi connectivity index (χ0n) is 10.7. The first-order chi connectivity index (χ1) is 8.17. The highest BCUT2D eigenvalue weighted by Crippen LogP contribution is 2.27. The molecule has 2 rings (SSSR count). The van der Waals surface area contributed by atoms with Gasteiger partial charge in [-0.05, 0) is 24.5 Å². The lowest BCUT2D eigenvalue weighted by Gasteiger charge is -2.04. The van der Waals surface area contributed by atoms with Gasteiger partial charge in [-0.15, -0.1) is 0 Å². The minimum Gasteiger partial charge on any atom is -0.325 e. The van der Waals surface area contributed by atoms with Crippen molar-refractivity contribution in [3.8, 4) is 11.1 Å². The lowest BCUT2D eigenvalue weighted by molar-refractivity contribution is 0.721. The third-order valence-electron chi connectivity index (χ3n) is 3.25. The van der Waals surface area contributed by atoms with Gasteiger partial charge in [-0.2, -0.15) is 5.10 Å². The molecule has 0 fully saturated rings. The average molecular weight is 229 g/mol. The highest BCUT2D eigenvalue weighted by atomic mass is 15.3. The Hall–Kier alpha value is -1.61. The van der Waals surface area contributed by atoms with Crippen molar-refractivity contribution >= 4 is 0 Å². The first-order valence-electron chi connectivity index (χ1n) is 5.99. The fourth-order valence-corrected chi connectivity index (χ4v) is 2.10. The Labute approximate surface area is 102 Å². The topological polar surface area (TPSA) is 43.8 Å². The second-order valence-electron chi connectivity index (χ2n) is 4.29. The van der Waals surface area contributed by atoms with Crippen LogP contribution in [0.2, 0.25) is 0 Å². The number of aromatic nitrogens is 2. The van der Waals surface area contributed by atoms with Crippen molar-refractivity contribution < 1.29 is 0 Å². The van der Waals surface area contributed by atoms with Crippen LogP contribution in [0.25, 0.3) is 11.1 Å². The number of benzene rings is 1. The number of nitrogens with two attached hydrogens (primary N) is 1. The molecule has 90 valence electrons. The fourth-order valence-electron chi connectivity index (χ4n) is 2.10. The molecule has 0 aliphatic rings. The number of rotatable bonds is 3. The molecule has 2 aromatic rings. The van der Waals surface area contributed by atoms with Gasteiger partial charge in [0.2, 0.25) is 0 Å². The van der Waals surface area contributed by atoms with Crippen molar-refractivity contribution in [3.63, 3.8) is 0 Å². The van der Waals surface area contributed by atoms with E-state index < -0.39 is 0 Å². The highest BCUT2D eigenvalue weighted by molar-refractivity contribution is 5.68. The summed E-state index contributed by atoms with van der Waals surface area (Å²) in [4.78, 5) is 0. The third-order valence-corrected chi connectivity index (χ3v) is 3.25. The molecule has 1 heterocycles. The van der Waals surface area contributed by atoms with Crippen molar-refractivity contribution in [1.29, 1.82) is 0 Å². The summed E-state index contributed by atoms with van der Waals surface area (Å²) in [5, 5.41) is 4.44. The molecule has 0 saturated carbocycles. The summed E-state index contributed by atoms with van der Waals surface area (Å²) in [7, 11) is 1.96. The lowest BCUT2D eigenvalue weighted by Crippen LogP contribution is -1.99. The van der Waals surface area contributed by atoms with E-state index in [0.717, 1.165) is 17.8 Å². The summed E-state index contributed by atoms with van der Waals surface area (Å²) < 4.78 is 1.89. The van der Waals surface area contributed by atoms with Gasteiger partial charge in [0, 0.05) is 24.8 Å². The van der Waals surface area contributed by atoms with Crippen LogP contribution >= 0.6 is 0 Å². The van der Waals surface area contributed by atoms with Gasteiger partial charge in [0.15, 0.2) is 0 Å². The van der Waals surface area contributed by atoms with E-state index in [2.05, 4.69) is 43.2 Å². The van der Waals surface area contributed by atoms with Crippen LogP contribution in [0, 0.1) is 6.92 Å². The van der Waals surface area contributed by atoms with Crippen LogP contribution in [-0.2, 0) is 20.0 Å². The van der Waals surface area contributed by atoms with E-state index in [9.17, 15) is 0 Å². The van der Waals surface area contributed by atoms with Gasteiger partial charge in [-0.3, -0.25) is 4.68 Å². The summed E-state index contributed by atoms with van der Waals surface area (Å²) in [5.41, 5.74) is 11.6. The van der Waals surface area contributed by atoms with E-state index in [4.69, 9.17) is 5.73 Å². The molecule has 0 bridgehead atoms. The van der Waals surface area contributed by atoms with Gasteiger partial charge in [-0.1, -0.05) is 31.2 Å². The largest absolute Gasteiger partial charge is 0.325 e. The second kappa shape index (κ2) is 4.72. The number of hydrogen-bond acceptors (Lipinski definition) is 2. The minimum absolute atomic E-state index is 0.479. The molecule has 0 saturated heterocycles. The fraction of sp³-hybridized carbons (Fsp3) is 0.357. The number of hydrogen-bond donors (Lipinski definition) is 1. The van der Waals surface area contributed by atoms with Crippen molar-refractivity contribution in [2.24, 2.45) is 12.8 Å². The van der Waals surface area contributed by atoms with E-state index in [1.165, 1.54) is 16.7 Å². The Morgan fingerprint density at radius 2 is 1.88 bits per heavy atom. The highest BCUT2D eigenvalue weighted by Gasteiger charge is 2.13. The van der Waals surface area contributed by atoms with Crippen LogP contribution in [0.4, 0.5) is 0 Å². The van der Waals surface area contributed by atoms with Gasteiger partial charge in [0.05, 0.1) is 5.69 Å². The number of aryl methyl sites for hydroxylation is 2. The summed E-state index contributed by atoms with van der Waals surface area (Å²) in [6, 6.07) is 8.65. The van der Waals surface area contributed by atoms with Crippen molar-refractivity contribution in [3.05, 3.63) is 41.2 Å². The molecule has 3 heteroatoms. The quantitative estimate of drug-likeness (QED) is 0.878. The molecule has 3 nitrogen and oxygen atoms in total. The molecule has 1 aromatic carbocycles. The average Bonchev–Trinajstić information content (AvgIpc) is 2.65. The van der Waals surface area contributed by atoms with Crippen LogP contribution in [0.3, 0.4) is 0 Å². The van der Waals surface area contributed by atoms with Gasteiger partial charge in [-0.25, -0.2) is 0 Å². The Morgan fingerprint density at radius 1 is 1.24 bits per heavy atom. The summed E-state index contributed by atoms with van der Waals surface area (Å²) in [6.45, 7) is 4.72. The van der Waals surface area contributed by atoms with E-state index >= 15 is 0 Å². The lowest BCUT2D eigenvalue weighted by atomic mass is 10.0. The Bertz CT molecular complexity index is 509. The normalized spacial score (nSPS) is 10.8. The molecule has 0 aliphatic heterocycles. The summed E-state index contributed by atoms with van der Waals surface area (Å²) in [6.07, 6.45) is 1.07. The van der Waals surface area contributed by atoms with Gasteiger partial charge >= 0.3 is 0 Å². The van der Waals surface area contributed by atoms with Crippen LogP contribution < -0.4 is 5.73 Å². The SMILES string of the molecule is CCc1ccc(-c2c(CN)nn(C)c2C)cc1. The van der Waals surface area contributed by atoms with E-state index in [0.29, 0.717) is 6.54 Å². The van der Waals surface area contributed by atoms with Crippen molar-refractivity contribution in [1.82, 2.24) is 9.78 Å². The zero-order chi connectivity index (χ0) is 12.4. The predicted octanol–water partition coefficient (Wildman–Crippen LogP) is 2.42. The number of nitrogens with zero attached hydrogens (tertiary/aromatic N) is 2. The standard InChI is InChI=1S/C14H19N3/c1-4-11-5-7-12(8-6-11)14-10(2)17(3)16-13(14)9-15/h5-8H,4,9,15H2,1-3H3. The molecular weight excluding hydrogens is 210 g/mol. The van der Waals surface area contributed by atoms with E-state index in [1.807, 2.05) is 11.7 Å². The first-order valence-corrected chi connectivity index (χ1v) is 5.99. The molecule has 0 amide bonds. The molecule has 0 atom stereocenters.